The van der Waals surface area contributed by atoms with Crippen LogP contribution in [0.25, 0.3) is 10.8 Å². The van der Waals surface area contributed by atoms with Crippen LogP contribution in [0.15, 0.2) is 66.7 Å². The highest BCUT2D eigenvalue weighted by Gasteiger charge is 2.14. The van der Waals surface area contributed by atoms with Crippen molar-refractivity contribution >= 4 is 28.3 Å². The van der Waals surface area contributed by atoms with Crippen LogP contribution in [0.3, 0.4) is 0 Å². The molecule has 0 aliphatic carbocycles. The first-order valence-electron chi connectivity index (χ1n) is 8.02. The van der Waals surface area contributed by atoms with Crippen LogP contribution in [0, 0.1) is 0 Å². The number of hydrogen-bond acceptors (Lipinski definition) is 4. The zero-order chi connectivity index (χ0) is 19.2. The molecule has 3 aromatic carbocycles. The Bertz CT molecular complexity index is 975. The van der Waals surface area contributed by atoms with Gasteiger partial charge in [0.25, 0.3) is 5.91 Å². The van der Waals surface area contributed by atoms with Crippen molar-refractivity contribution in [3.63, 3.8) is 0 Å². The third kappa shape index (κ3) is 4.78. The van der Waals surface area contributed by atoms with E-state index in [1.165, 1.54) is 18.2 Å². The minimum Gasteiger partial charge on any atom is -0.452 e. The SMILES string of the molecule is O=C(COC(=O)c1ccc2ccccc2c1)Nc1ccccc1OC(F)F. The quantitative estimate of drug-likeness (QED) is 0.659. The minimum atomic E-state index is -3.02. The van der Waals surface area contributed by atoms with Crippen molar-refractivity contribution < 1.29 is 27.8 Å². The molecule has 138 valence electrons. The molecule has 3 rings (SSSR count). The summed E-state index contributed by atoms with van der Waals surface area (Å²) in [6, 6.07) is 18.3. The lowest BCUT2D eigenvalue weighted by Crippen LogP contribution is -2.21. The Morgan fingerprint density at radius 2 is 1.63 bits per heavy atom. The van der Waals surface area contributed by atoms with E-state index >= 15 is 0 Å². The van der Waals surface area contributed by atoms with Crippen LogP contribution < -0.4 is 10.1 Å². The fourth-order valence-electron chi connectivity index (χ4n) is 2.49. The highest BCUT2D eigenvalue weighted by molar-refractivity contribution is 5.98. The van der Waals surface area contributed by atoms with E-state index < -0.39 is 25.1 Å². The van der Waals surface area contributed by atoms with Gasteiger partial charge in [-0.25, -0.2) is 4.79 Å². The molecule has 0 saturated heterocycles. The summed E-state index contributed by atoms with van der Waals surface area (Å²) in [5, 5.41) is 4.22. The van der Waals surface area contributed by atoms with Crippen molar-refractivity contribution in [2.45, 2.75) is 6.61 Å². The van der Waals surface area contributed by atoms with Gasteiger partial charge in [-0.2, -0.15) is 8.78 Å². The number of rotatable bonds is 6. The summed E-state index contributed by atoms with van der Waals surface area (Å²) in [6.07, 6.45) is 0. The van der Waals surface area contributed by atoms with Crippen LogP contribution in [0.4, 0.5) is 14.5 Å². The van der Waals surface area contributed by atoms with E-state index in [2.05, 4.69) is 10.1 Å². The number of esters is 1. The number of halogens is 2. The highest BCUT2D eigenvalue weighted by atomic mass is 19.3. The molecule has 0 aromatic heterocycles. The van der Waals surface area contributed by atoms with Gasteiger partial charge < -0.3 is 14.8 Å². The van der Waals surface area contributed by atoms with Crippen LogP contribution in [0.5, 0.6) is 5.75 Å². The molecule has 0 saturated carbocycles. The summed E-state index contributed by atoms with van der Waals surface area (Å²) in [5.41, 5.74) is 0.368. The minimum absolute atomic E-state index is 0.0598. The topological polar surface area (TPSA) is 64.6 Å². The number of amides is 1. The number of carbonyl (C=O) groups excluding carboxylic acids is 2. The van der Waals surface area contributed by atoms with Crippen molar-refractivity contribution in [2.24, 2.45) is 0 Å². The molecule has 0 unspecified atom stereocenters. The fraction of sp³-hybridized carbons (Fsp3) is 0.100. The summed E-state index contributed by atoms with van der Waals surface area (Å²) in [7, 11) is 0. The second kappa shape index (κ2) is 8.27. The van der Waals surface area contributed by atoms with E-state index in [9.17, 15) is 18.4 Å². The molecule has 7 heteroatoms. The zero-order valence-electron chi connectivity index (χ0n) is 14.0. The van der Waals surface area contributed by atoms with E-state index in [0.717, 1.165) is 10.8 Å². The van der Waals surface area contributed by atoms with E-state index in [4.69, 9.17) is 4.74 Å². The average molecular weight is 371 g/mol. The molecule has 0 atom stereocenters. The van der Waals surface area contributed by atoms with Gasteiger partial charge in [0.15, 0.2) is 6.61 Å². The number of alkyl halides is 2. The maximum absolute atomic E-state index is 12.4. The van der Waals surface area contributed by atoms with Gasteiger partial charge in [-0.15, -0.1) is 0 Å². The second-order valence-corrected chi connectivity index (χ2v) is 5.56. The molecule has 27 heavy (non-hydrogen) atoms. The molecule has 1 amide bonds. The zero-order valence-corrected chi connectivity index (χ0v) is 14.0. The summed E-state index contributed by atoms with van der Waals surface area (Å²) in [4.78, 5) is 24.1. The van der Waals surface area contributed by atoms with Gasteiger partial charge in [0, 0.05) is 0 Å². The Morgan fingerprint density at radius 1 is 0.926 bits per heavy atom. The Balaban J connectivity index is 1.61. The predicted octanol–water partition coefficient (Wildman–Crippen LogP) is 4.24. The first kappa shape index (κ1) is 18.3. The van der Waals surface area contributed by atoms with Gasteiger partial charge in [0.05, 0.1) is 11.3 Å². The van der Waals surface area contributed by atoms with Gasteiger partial charge in [0.1, 0.15) is 5.75 Å². The summed E-state index contributed by atoms with van der Waals surface area (Å²) in [6.45, 7) is -3.58. The molecule has 0 aliphatic heterocycles. The van der Waals surface area contributed by atoms with Crippen LogP contribution in [-0.4, -0.2) is 25.1 Å². The van der Waals surface area contributed by atoms with Crippen molar-refractivity contribution in [1.29, 1.82) is 0 Å². The smallest absolute Gasteiger partial charge is 0.387 e. The normalized spacial score (nSPS) is 10.6. The molecule has 1 N–H and O–H groups in total. The van der Waals surface area contributed by atoms with Gasteiger partial charge in [-0.3, -0.25) is 4.79 Å². The number of nitrogens with one attached hydrogen (secondary N) is 1. The Morgan fingerprint density at radius 3 is 2.41 bits per heavy atom. The summed E-state index contributed by atoms with van der Waals surface area (Å²) < 4.78 is 34.1. The van der Waals surface area contributed by atoms with Crippen molar-refractivity contribution in [1.82, 2.24) is 0 Å². The van der Waals surface area contributed by atoms with Gasteiger partial charge in [-0.1, -0.05) is 42.5 Å². The third-order valence-corrected chi connectivity index (χ3v) is 3.70. The van der Waals surface area contributed by atoms with E-state index in [-0.39, 0.29) is 11.4 Å². The monoisotopic (exact) mass is 371 g/mol. The molecular weight excluding hydrogens is 356 g/mol. The number of hydrogen-bond donors (Lipinski definition) is 1. The number of anilines is 1. The molecule has 0 spiro atoms. The van der Waals surface area contributed by atoms with E-state index in [0.29, 0.717) is 5.56 Å². The lowest BCUT2D eigenvalue weighted by atomic mass is 10.1. The fourth-order valence-corrected chi connectivity index (χ4v) is 2.49. The largest absolute Gasteiger partial charge is 0.452 e. The Labute approximate surface area is 153 Å². The van der Waals surface area contributed by atoms with E-state index in [1.807, 2.05) is 24.3 Å². The molecule has 0 aliphatic rings. The molecule has 0 bridgehead atoms. The first-order valence-corrected chi connectivity index (χ1v) is 8.02. The highest BCUT2D eigenvalue weighted by Crippen LogP contribution is 2.25. The molecule has 0 radical (unpaired) electrons. The molecule has 0 heterocycles. The lowest BCUT2D eigenvalue weighted by molar-refractivity contribution is -0.119. The Kier molecular flexibility index (Phi) is 5.61. The molecule has 5 nitrogen and oxygen atoms in total. The van der Waals surface area contributed by atoms with Crippen molar-refractivity contribution in [2.75, 3.05) is 11.9 Å². The maximum atomic E-state index is 12.4. The number of ether oxygens (including phenoxy) is 2. The average Bonchev–Trinajstić information content (AvgIpc) is 2.67. The molecular formula is C20H15F2NO4. The number of carbonyl (C=O) groups is 2. The molecule has 0 fully saturated rings. The van der Waals surface area contributed by atoms with Crippen LogP contribution in [-0.2, 0) is 9.53 Å². The first-order chi connectivity index (χ1) is 13.0. The lowest BCUT2D eigenvalue weighted by Gasteiger charge is -2.11. The number of fused-ring (bicyclic) bond motifs is 1. The van der Waals surface area contributed by atoms with Gasteiger partial charge in [-0.05, 0) is 35.0 Å². The summed E-state index contributed by atoms with van der Waals surface area (Å²) >= 11 is 0. The standard InChI is InChI=1S/C20H15F2NO4/c21-20(22)27-17-8-4-3-7-16(17)23-18(24)12-26-19(25)15-10-9-13-5-1-2-6-14(13)11-15/h1-11,20H,12H2,(H,23,24). The summed E-state index contributed by atoms with van der Waals surface area (Å²) in [5.74, 6) is -1.51. The van der Waals surface area contributed by atoms with Crippen molar-refractivity contribution in [3.05, 3.63) is 72.3 Å². The Hall–Kier alpha value is -3.48. The van der Waals surface area contributed by atoms with Crippen LogP contribution in [0.1, 0.15) is 10.4 Å². The van der Waals surface area contributed by atoms with Crippen molar-refractivity contribution in [3.8, 4) is 5.75 Å². The third-order valence-electron chi connectivity index (χ3n) is 3.70. The molecule has 3 aromatic rings. The second-order valence-electron chi connectivity index (χ2n) is 5.56. The number of benzene rings is 3. The number of para-hydroxylation sites is 2. The van der Waals surface area contributed by atoms with Gasteiger partial charge >= 0.3 is 12.6 Å². The van der Waals surface area contributed by atoms with Gasteiger partial charge in [0.2, 0.25) is 0 Å². The van der Waals surface area contributed by atoms with Crippen LogP contribution in [0.2, 0.25) is 0 Å². The maximum Gasteiger partial charge on any atom is 0.387 e. The van der Waals surface area contributed by atoms with E-state index in [1.54, 1.807) is 24.3 Å². The van der Waals surface area contributed by atoms with Crippen LogP contribution >= 0.6 is 0 Å². The predicted molar refractivity (Wildman–Crippen MR) is 95.9 cm³/mol.